The van der Waals surface area contributed by atoms with Crippen molar-refractivity contribution >= 4 is 22.1 Å². The number of rotatable bonds is 37. The molecule has 0 aromatic rings. The molecule has 1 fully saturated rings. The van der Waals surface area contributed by atoms with Gasteiger partial charge in [0.25, 0.3) is 10.1 Å². The maximum Gasteiger partial charge on any atom is 0.306 e. The van der Waals surface area contributed by atoms with E-state index in [0.29, 0.717) is 12.8 Å². The Morgan fingerprint density at radius 2 is 0.927 bits per heavy atom. The van der Waals surface area contributed by atoms with Gasteiger partial charge in [-0.2, -0.15) is 8.42 Å². The van der Waals surface area contributed by atoms with Crippen molar-refractivity contribution < 1.29 is 56.8 Å². The highest BCUT2D eigenvalue weighted by Gasteiger charge is 2.46. The lowest BCUT2D eigenvalue weighted by Gasteiger charge is -2.40. The standard InChI is InChI=1S/C42H80O12S/c1-3-5-7-9-11-13-15-17-18-19-21-22-24-26-28-30-37(43)51-32-35(33-52-42-41(47)40(46)39(45)36(54-42)34-55(48,49)50)53-38(44)31-29-27-25-23-20-16-14-12-10-8-6-4-2/h35-36,39-42,45-47H,3-34H2,1-2H3,(H,48,49,50)/t35-,36-,39-,40?,41?,42+/m1/s1. The van der Waals surface area contributed by atoms with E-state index in [-0.39, 0.29) is 19.4 Å². The number of carbonyl (C=O) groups excluding carboxylic acids is 2. The molecule has 2 unspecified atom stereocenters. The first-order chi connectivity index (χ1) is 26.5. The summed E-state index contributed by atoms with van der Waals surface area (Å²) in [5, 5.41) is 30.8. The van der Waals surface area contributed by atoms with E-state index in [2.05, 4.69) is 13.8 Å². The zero-order valence-electron chi connectivity index (χ0n) is 34.6. The molecule has 1 aliphatic rings. The number of unbranched alkanes of at least 4 members (excludes halogenated alkanes) is 25. The van der Waals surface area contributed by atoms with Gasteiger partial charge in [0, 0.05) is 12.8 Å². The normalized spacial score (nSPS) is 20.7. The van der Waals surface area contributed by atoms with E-state index in [9.17, 15) is 37.9 Å². The van der Waals surface area contributed by atoms with Gasteiger partial charge in [-0.15, -0.1) is 0 Å². The third kappa shape index (κ3) is 28.7. The quantitative estimate of drug-likeness (QED) is 0.0267. The molecule has 0 aliphatic carbocycles. The summed E-state index contributed by atoms with van der Waals surface area (Å²) in [4.78, 5) is 25.3. The Hall–Kier alpha value is -1.35. The Labute approximate surface area is 333 Å². The SMILES string of the molecule is CCCCCCCCCCCCCCCCCC(=O)OC[C@H](CO[C@H]1O[C@H](CS(=O)(=O)O)[C@@H](O)C(O)C1O)OC(=O)CCCCCCCCCCCCCC. The Kier molecular flexibility index (Phi) is 31.6. The van der Waals surface area contributed by atoms with Gasteiger partial charge in [0.05, 0.1) is 6.61 Å². The average molecular weight is 809 g/mol. The molecule has 0 saturated carbocycles. The number of hydrogen-bond donors (Lipinski definition) is 4. The molecule has 6 atom stereocenters. The first kappa shape index (κ1) is 51.7. The van der Waals surface area contributed by atoms with Crippen LogP contribution in [0.25, 0.3) is 0 Å². The van der Waals surface area contributed by atoms with Crippen LogP contribution in [0.3, 0.4) is 0 Å². The fraction of sp³-hybridized carbons (Fsp3) is 0.952. The summed E-state index contributed by atoms with van der Waals surface area (Å²) in [5.41, 5.74) is 0. The largest absolute Gasteiger partial charge is 0.462 e. The van der Waals surface area contributed by atoms with Crippen LogP contribution in [0.2, 0.25) is 0 Å². The second kappa shape index (κ2) is 33.6. The Bertz CT molecular complexity index is 1040. The summed E-state index contributed by atoms with van der Waals surface area (Å²) in [6.45, 7) is 3.76. The van der Waals surface area contributed by atoms with Gasteiger partial charge < -0.3 is 34.3 Å². The van der Waals surface area contributed by atoms with Crippen molar-refractivity contribution in [1.82, 2.24) is 0 Å². The van der Waals surface area contributed by atoms with E-state index in [1.807, 2.05) is 0 Å². The van der Waals surface area contributed by atoms with Gasteiger partial charge in [-0.25, -0.2) is 0 Å². The summed E-state index contributed by atoms with van der Waals surface area (Å²) >= 11 is 0. The zero-order chi connectivity index (χ0) is 40.6. The van der Waals surface area contributed by atoms with Crippen LogP contribution in [0.1, 0.15) is 200 Å². The minimum atomic E-state index is -4.59. The van der Waals surface area contributed by atoms with Gasteiger partial charge >= 0.3 is 11.9 Å². The van der Waals surface area contributed by atoms with Crippen LogP contribution in [0, 0.1) is 0 Å². The van der Waals surface area contributed by atoms with Crippen molar-refractivity contribution in [3.05, 3.63) is 0 Å². The lowest BCUT2D eigenvalue weighted by atomic mass is 10.00. The molecular weight excluding hydrogens is 729 g/mol. The monoisotopic (exact) mass is 809 g/mol. The van der Waals surface area contributed by atoms with Crippen molar-refractivity contribution in [2.24, 2.45) is 0 Å². The molecule has 0 spiro atoms. The molecule has 12 nitrogen and oxygen atoms in total. The summed E-state index contributed by atoms with van der Waals surface area (Å²) in [6.07, 6.45) is 22.9. The molecular formula is C42H80O12S. The van der Waals surface area contributed by atoms with Crippen LogP contribution in [-0.4, -0.2) is 96.0 Å². The van der Waals surface area contributed by atoms with E-state index in [4.69, 9.17) is 18.9 Å². The van der Waals surface area contributed by atoms with Gasteiger partial charge in [0.15, 0.2) is 12.4 Å². The minimum absolute atomic E-state index is 0.172. The third-order valence-electron chi connectivity index (χ3n) is 10.4. The van der Waals surface area contributed by atoms with Crippen LogP contribution >= 0.6 is 0 Å². The van der Waals surface area contributed by atoms with E-state index in [0.717, 1.165) is 38.5 Å². The first-order valence-electron chi connectivity index (χ1n) is 22.1. The lowest BCUT2D eigenvalue weighted by Crippen LogP contribution is -2.60. The number of hydrogen-bond acceptors (Lipinski definition) is 11. The summed E-state index contributed by atoms with van der Waals surface area (Å²) < 4.78 is 54.0. The van der Waals surface area contributed by atoms with Crippen molar-refractivity contribution in [3.8, 4) is 0 Å². The highest BCUT2D eigenvalue weighted by Crippen LogP contribution is 2.24. The number of carbonyl (C=O) groups is 2. The van der Waals surface area contributed by atoms with Gasteiger partial charge in [-0.3, -0.25) is 14.1 Å². The molecule has 326 valence electrons. The summed E-state index contributed by atoms with van der Waals surface area (Å²) in [6, 6.07) is 0. The third-order valence-corrected chi connectivity index (χ3v) is 11.2. The molecule has 0 bridgehead atoms. The van der Waals surface area contributed by atoms with Crippen molar-refractivity contribution in [2.75, 3.05) is 19.0 Å². The maximum atomic E-state index is 12.8. The first-order valence-corrected chi connectivity index (χ1v) is 23.7. The second-order valence-electron chi connectivity index (χ2n) is 15.7. The molecule has 1 saturated heterocycles. The average Bonchev–Trinajstić information content (AvgIpc) is 3.14. The van der Waals surface area contributed by atoms with Crippen LogP contribution < -0.4 is 0 Å². The Morgan fingerprint density at radius 1 is 0.545 bits per heavy atom. The maximum absolute atomic E-state index is 12.8. The Balaban J connectivity index is 2.44. The zero-order valence-corrected chi connectivity index (χ0v) is 35.4. The van der Waals surface area contributed by atoms with E-state index < -0.39 is 71.2 Å². The number of ether oxygens (including phenoxy) is 4. The molecule has 0 aromatic carbocycles. The molecule has 13 heteroatoms. The van der Waals surface area contributed by atoms with Gasteiger partial charge in [0.1, 0.15) is 36.8 Å². The summed E-state index contributed by atoms with van der Waals surface area (Å²) in [7, 11) is -4.59. The van der Waals surface area contributed by atoms with Crippen LogP contribution in [0.15, 0.2) is 0 Å². The predicted octanol–water partition coefficient (Wildman–Crippen LogP) is 8.51. The molecule has 4 N–H and O–H groups in total. The lowest BCUT2D eigenvalue weighted by molar-refractivity contribution is -0.297. The number of esters is 2. The van der Waals surface area contributed by atoms with E-state index in [1.54, 1.807) is 0 Å². The molecule has 55 heavy (non-hydrogen) atoms. The number of aliphatic hydroxyl groups excluding tert-OH is 3. The van der Waals surface area contributed by atoms with Crippen molar-refractivity contribution in [2.45, 2.75) is 237 Å². The van der Waals surface area contributed by atoms with Crippen LogP contribution in [-0.2, 0) is 38.7 Å². The Morgan fingerprint density at radius 3 is 1.33 bits per heavy atom. The highest BCUT2D eigenvalue weighted by atomic mass is 32.2. The summed E-state index contributed by atoms with van der Waals surface area (Å²) in [5.74, 6) is -1.96. The van der Waals surface area contributed by atoms with Gasteiger partial charge in [-0.05, 0) is 12.8 Å². The molecule has 1 heterocycles. The molecule has 0 amide bonds. The highest BCUT2D eigenvalue weighted by molar-refractivity contribution is 7.85. The fourth-order valence-corrected chi connectivity index (χ4v) is 7.66. The van der Waals surface area contributed by atoms with Gasteiger partial charge in [-0.1, -0.05) is 174 Å². The van der Waals surface area contributed by atoms with Gasteiger partial charge in [0.2, 0.25) is 0 Å². The van der Waals surface area contributed by atoms with Crippen LogP contribution in [0.5, 0.6) is 0 Å². The minimum Gasteiger partial charge on any atom is -0.462 e. The molecule has 1 rings (SSSR count). The molecule has 0 radical (unpaired) electrons. The topological polar surface area (TPSA) is 186 Å². The van der Waals surface area contributed by atoms with Crippen LogP contribution in [0.4, 0.5) is 0 Å². The van der Waals surface area contributed by atoms with E-state index in [1.165, 1.54) is 122 Å². The van der Waals surface area contributed by atoms with E-state index >= 15 is 0 Å². The second-order valence-corrected chi connectivity index (χ2v) is 17.2. The van der Waals surface area contributed by atoms with Crippen molar-refractivity contribution in [3.63, 3.8) is 0 Å². The smallest absolute Gasteiger partial charge is 0.306 e. The molecule has 0 aromatic heterocycles. The van der Waals surface area contributed by atoms with Crippen molar-refractivity contribution in [1.29, 1.82) is 0 Å². The molecule has 1 aliphatic heterocycles. The number of aliphatic hydroxyl groups is 3. The fourth-order valence-electron chi connectivity index (χ4n) is 6.97. The predicted molar refractivity (Wildman–Crippen MR) is 215 cm³/mol.